The molecule has 1 fully saturated rings. The van der Waals surface area contributed by atoms with Crippen molar-refractivity contribution in [2.75, 3.05) is 11.4 Å². The highest BCUT2D eigenvalue weighted by Gasteiger charge is 2.37. The van der Waals surface area contributed by atoms with E-state index in [4.69, 9.17) is 15.6 Å². The van der Waals surface area contributed by atoms with Crippen LogP contribution in [0, 0.1) is 10.8 Å². The van der Waals surface area contributed by atoms with Gasteiger partial charge in [-0.25, -0.2) is 14.4 Å². The van der Waals surface area contributed by atoms with Crippen molar-refractivity contribution in [1.82, 2.24) is 9.97 Å². The maximum atomic E-state index is 14.0. The summed E-state index contributed by atoms with van der Waals surface area (Å²) in [6.07, 6.45) is -1.46. The summed E-state index contributed by atoms with van der Waals surface area (Å²) in [6, 6.07) is 1.22. The van der Waals surface area contributed by atoms with Gasteiger partial charge in [0.15, 0.2) is 0 Å². The number of β-amino-alcohol motifs (C(OH)–C–C–N with tert-alkyl or cyclic N) is 1. The fourth-order valence-electron chi connectivity index (χ4n) is 3.22. The van der Waals surface area contributed by atoms with Crippen LogP contribution >= 0.6 is 0 Å². The summed E-state index contributed by atoms with van der Waals surface area (Å²) < 4.78 is 19.6. The SMILES string of the molecule is CC(=N)/C(=C\C(OC(C)C)C(C)F)C(=N)c1cc(N2CC(O)C(O)C2C)ncn1. The van der Waals surface area contributed by atoms with Gasteiger partial charge < -0.3 is 25.3 Å². The van der Waals surface area contributed by atoms with Crippen LogP contribution in [0.2, 0.25) is 0 Å². The number of hydrogen-bond acceptors (Lipinski definition) is 8. The summed E-state index contributed by atoms with van der Waals surface area (Å²) in [5, 5.41) is 36.5. The number of aliphatic hydroxyl groups excluding tert-OH is 2. The van der Waals surface area contributed by atoms with Crippen molar-refractivity contribution >= 4 is 17.2 Å². The summed E-state index contributed by atoms with van der Waals surface area (Å²) >= 11 is 0. The molecule has 0 aliphatic carbocycles. The topological polar surface area (TPSA) is 126 Å². The minimum absolute atomic E-state index is 0.0490. The molecule has 4 N–H and O–H groups in total. The number of nitrogens with zero attached hydrogens (tertiary/aromatic N) is 3. The zero-order chi connectivity index (χ0) is 21.9. The highest BCUT2D eigenvalue weighted by molar-refractivity contribution is 6.27. The van der Waals surface area contributed by atoms with Crippen molar-refractivity contribution in [3.05, 3.63) is 29.7 Å². The zero-order valence-electron chi connectivity index (χ0n) is 17.4. The molecule has 0 amide bonds. The number of hydrogen-bond donors (Lipinski definition) is 4. The van der Waals surface area contributed by atoms with E-state index in [1.807, 2.05) is 0 Å². The molecule has 1 saturated heterocycles. The van der Waals surface area contributed by atoms with Gasteiger partial charge in [0, 0.05) is 23.9 Å². The lowest BCUT2D eigenvalue weighted by atomic mass is 10.00. The first kappa shape index (κ1) is 23.1. The Morgan fingerprint density at radius 2 is 1.97 bits per heavy atom. The lowest BCUT2D eigenvalue weighted by Gasteiger charge is -2.23. The Labute approximate surface area is 170 Å². The van der Waals surface area contributed by atoms with E-state index in [0.29, 0.717) is 5.82 Å². The van der Waals surface area contributed by atoms with E-state index in [9.17, 15) is 14.6 Å². The fraction of sp³-hybridized carbons (Fsp3) is 0.600. The normalized spacial score (nSPS) is 24.7. The number of halogens is 1. The molecule has 1 aromatic rings. The summed E-state index contributed by atoms with van der Waals surface area (Å²) in [5.41, 5.74) is 0.519. The molecule has 5 atom stereocenters. The van der Waals surface area contributed by atoms with Crippen LogP contribution in [0.1, 0.15) is 40.3 Å². The quantitative estimate of drug-likeness (QED) is 0.488. The first-order valence-electron chi connectivity index (χ1n) is 9.63. The molecule has 0 saturated carbocycles. The highest BCUT2D eigenvalue weighted by atomic mass is 19.1. The largest absolute Gasteiger partial charge is 0.388 e. The Morgan fingerprint density at radius 3 is 2.45 bits per heavy atom. The van der Waals surface area contributed by atoms with Crippen LogP contribution in [-0.4, -0.2) is 74.8 Å². The molecule has 0 bridgehead atoms. The second-order valence-corrected chi connectivity index (χ2v) is 7.62. The lowest BCUT2D eigenvalue weighted by molar-refractivity contribution is -0.00393. The Hall–Kier alpha value is -2.23. The minimum Gasteiger partial charge on any atom is -0.388 e. The molecule has 29 heavy (non-hydrogen) atoms. The maximum Gasteiger partial charge on any atom is 0.133 e. The maximum absolute atomic E-state index is 14.0. The Balaban J connectivity index is 2.36. The van der Waals surface area contributed by atoms with E-state index in [0.717, 1.165) is 0 Å². The number of alkyl halides is 1. The molecule has 1 aromatic heterocycles. The van der Waals surface area contributed by atoms with Crippen LogP contribution in [0.3, 0.4) is 0 Å². The fourth-order valence-corrected chi connectivity index (χ4v) is 3.22. The first-order valence-corrected chi connectivity index (χ1v) is 9.63. The van der Waals surface area contributed by atoms with Gasteiger partial charge in [0.1, 0.15) is 30.5 Å². The van der Waals surface area contributed by atoms with Gasteiger partial charge in [-0.1, -0.05) is 0 Å². The van der Waals surface area contributed by atoms with Gasteiger partial charge >= 0.3 is 0 Å². The number of nitrogens with one attached hydrogen (secondary N) is 2. The molecule has 9 heteroatoms. The molecule has 1 aliphatic rings. The number of aliphatic hydroxyl groups is 2. The summed E-state index contributed by atoms with van der Waals surface area (Å²) in [7, 11) is 0. The third kappa shape index (κ3) is 5.43. The van der Waals surface area contributed by atoms with Gasteiger partial charge in [0.05, 0.1) is 29.7 Å². The molecular formula is C20H30FN5O3. The number of anilines is 1. The first-order chi connectivity index (χ1) is 13.5. The molecule has 0 aromatic carbocycles. The molecule has 0 spiro atoms. The van der Waals surface area contributed by atoms with Gasteiger partial charge in [-0.05, 0) is 40.7 Å². The molecular weight excluding hydrogens is 377 g/mol. The van der Waals surface area contributed by atoms with Gasteiger partial charge in [-0.2, -0.15) is 0 Å². The van der Waals surface area contributed by atoms with Gasteiger partial charge in [0.25, 0.3) is 0 Å². The Morgan fingerprint density at radius 1 is 1.31 bits per heavy atom. The van der Waals surface area contributed by atoms with Gasteiger partial charge in [-0.15, -0.1) is 0 Å². The molecule has 1 aliphatic heterocycles. The van der Waals surface area contributed by atoms with E-state index in [1.165, 1.54) is 26.3 Å². The van der Waals surface area contributed by atoms with Gasteiger partial charge in [0.2, 0.25) is 0 Å². The minimum atomic E-state index is -1.31. The van der Waals surface area contributed by atoms with Crippen LogP contribution in [0.5, 0.6) is 0 Å². The Kier molecular flexibility index (Phi) is 7.56. The molecule has 0 radical (unpaired) electrons. The van der Waals surface area contributed by atoms with Crippen LogP contribution < -0.4 is 4.90 Å². The number of allylic oxidation sites excluding steroid dienone is 1. The highest BCUT2D eigenvalue weighted by Crippen LogP contribution is 2.25. The van der Waals surface area contributed by atoms with Crippen LogP contribution in [0.15, 0.2) is 24.0 Å². The van der Waals surface area contributed by atoms with E-state index >= 15 is 0 Å². The molecule has 2 rings (SSSR count). The summed E-state index contributed by atoms with van der Waals surface area (Å²) in [4.78, 5) is 10.1. The third-order valence-corrected chi connectivity index (χ3v) is 4.85. The molecule has 160 valence electrons. The summed E-state index contributed by atoms with van der Waals surface area (Å²) in [5.74, 6) is 0.457. The van der Waals surface area contributed by atoms with Gasteiger partial charge in [-0.3, -0.25) is 5.41 Å². The van der Waals surface area contributed by atoms with Crippen LogP contribution in [-0.2, 0) is 4.74 Å². The molecule has 5 unspecified atom stereocenters. The number of aromatic nitrogens is 2. The van der Waals surface area contributed by atoms with E-state index in [2.05, 4.69) is 9.97 Å². The molecule has 2 heterocycles. The van der Waals surface area contributed by atoms with Crippen molar-refractivity contribution in [3.63, 3.8) is 0 Å². The average molecular weight is 407 g/mol. The van der Waals surface area contributed by atoms with Crippen molar-refractivity contribution in [2.24, 2.45) is 0 Å². The zero-order valence-corrected chi connectivity index (χ0v) is 17.4. The van der Waals surface area contributed by atoms with Crippen LogP contribution in [0.4, 0.5) is 10.2 Å². The summed E-state index contributed by atoms with van der Waals surface area (Å²) in [6.45, 7) is 8.47. The number of rotatable bonds is 8. The predicted octanol–water partition coefficient (Wildman–Crippen LogP) is 1.89. The van der Waals surface area contributed by atoms with Crippen LogP contribution in [0.25, 0.3) is 0 Å². The molecule has 8 nitrogen and oxygen atoms in total. The van der Waals surface area contributed by atoms with E-state index < -0.39 is 24.5 Å². The predicted molar refractivity (Wildman–Crippen MR) is 110 cm³/mol. The second kappa shape index (κ2) is 9.51. The average Bonchev–Trinajstić information content (AvgIpc) is 2.91. The second-order valence-electron chi connectivity index (χ2n) is 7.62. The standard InChI is InChI=1S/C20H30FN5O3/c1-10(2)29-17(11(3)21)6-14(12(4)22)19(23)15-7-18(25-9-24-15)26-8-16(27)20(28)13(26)5/h6-7,9-11,13,16-17,20,22-23,27-28H,8H2,1-5H3/b14-6+,22-12?,23-19?. The van der Waals surface area contributed by atoms with E-state index in [1.54, 1.807) is 31.7 Å². The van der Waals surface area contributed by atoms with Crippen molar-refractivity contribution in [3.8, 4) is 0 Å². The Bertz CT molecular complexity index is 783. The monoisotopic (exact) mass is 407 g/mol. The van der Waals surface area contributed by atoms with Crippen molar-refractivity contribution in [1.29, 1.82) is 10.8 Å². The van der Waals surface area contributed by atoms with Crippen molar-refractivity contribution < 1.29 is 19.3 Å². The third-order valence-electron chi connectivity index (χ3n) is 4.85. The smallest absolute Gasteiger partial charge is 0.133 e. The lowest BCUT2D eigenvalue weighted by Crippen LogP contribution is -2.33. The number of ether oxygens (including phenoxy) is 1. The van der Waals surface area contributed by atoms with E-state index in [-0.39, 0.29) is 41.4 Å². The van der Waals surface area contributed by atoms with Crippen molar-refractivity contribution in [2.45, 2.75) is 71.2 Å².